The number of aromatic nitrogens is 1. The zero-order chi connectivity index (χ0) is 11.5. The molecule has 2 heterocycles. The van der Waals surface area contributed by atoms with Crippen LogP contribution < -0.4 is 4.90 Å². The third-order valence-corrected chi connectivity index (χ3v) is 4.39. The van der Waals surface area contributed by atoms with Gasteiger partial charge in [0.2, 0.25) is 0 Å². The third-order valence-electron chi connectivity index (χ3n) is 2.63. The Bertz CT molecular complexity index is 373. The molecule has 0 spiro atoms. The molecule has 0 radical (unpaired) electrons. The Morgan fingerprint density at radius 3 is 3.12 bits per heavy atom. The predicted octanol–water partition coefficient (Wildman–Crippen LogP) is 3.42. The second-order valence-electron chi connectivity index (χ2n) is 3.89. The van der Waals surface area contributed by atoms with E-state index in [0.717, 1.165) is 30.2 Å². The second-order valence-corrected chi connectivity index (χ2v) is 6.12. The molecule has 0 aliphatic carbocycles. The van der Waals surface area contributed by atoms with E-state index >= 15 is 0 Å². The van der Waals surface area contributed by atoms with Gasteiger partial charge in [0.05, 0.1) is 5.02 Å². The van der Waals surface area contributed by atoms with Gasteiger partial charge in [0, 0.05) is 36.2 Å². The first kappa shape index (κ1) is 12.3. The highest BCUT2D eigenvalue weighted by atomic mass is 35.5. The van der Waals surface area contributed by atoms with Crippen molar-refractivity contribution in [2.75, 3.05) is 23.7 Å². The summed E-state index contributed by atoms with van der Waals surface area (Å²) in [6.45, 7) is 4.33. The maximum absolute atomic E-state index is 5.99. The van der Waals surface area contributed by atoms with Crippen LogP contribution in [0.3, 0.4) is 0 Å². The minimum absolute atomic E-state index is 0.437. The molecule has 1 aliphatic heterocycles. The van der Waals surface area contributed by atoms with Gasteiger partial charge in [-0.15, -0.1) is 11.6 Å². The van der Waals surface area contributed by atoms with Gasteiger partial charge in [-0.2, -0.15) is 11.8 Å². The Morgan fingerprint density at radius 1 is 1.62 bits per heavy atom. The number of hydrogen-bond acceptors (Lipinski definition) is 3. The standard InChI is InChI=1S/C11H14Cl2N2S/c1-8-7-15(2-3-16-8)11-4-9(5-12)10(13)6-14-11/h4,6,8H,2-3,5,7H2,1H3. The molecule has 16 heavy (non-hydrogen) atoms. The molecule has 1 aromatic rings. The van der Waals surface area contributed by atoms with Crippen molar-refractivity contribution in [2.45, 2.75) is 18.1 Å². The van der Waals surface area contributed by atoms with Crippen molar-refractivity contribution >= 4 is 40.8 Å². The maximum atomic E-state index is 5.99. The van der Waals surface area contributed by atoms with Crippen molar-refractivity contribution in [3.63, 3.8) is 0 Å². The summed E-state index contributed by atoms with van der Waals surface area (Å²) >= 11 is 13.8. The Morgan fingerprint density at radius 2 is 2.44 bits per heavy atom. The molecule has 0 amide bonds. The van der Waals surface area contributed by atoms with E-state index in [1.165, 1.54) is 0 Å². The number of anilines is 1. The molecule has 1 atom stereocenters. The Balaban J connectivity index is 2.19. The lowest BCUT2D eigenvalue weighted by Crippen LogP contribution is -2.37. The summed E-state index contributed by atoms with van der Waals surface area (Å²) in [5.74, 6) is 2.58. The minimum atomic E-state index is 0.437. The molecule has 5 heteroatoms. The van der Waals surface area contributed by atoms with Gasteiger partial charge in [0.25, 0.3) is 0 Å². The largest absolute Gasteiger partial charge is 0.355 e. The molecule has 1 aromatic heterocycles. The number of halogens is 2. The summed E-state index contributed by atoms with van der Waals surface area (Å²) in [7, 11) is 0. The van der Waals surface area contributed by atoms with Crippen LogP contribution in [0.2, 0.25) is 5.02 Å². The van der Waals surface area contributed by atoms with Crippen LogP contribution in [0.5, 0.6) is 0 Å². The smallest absolute Gasteiger partial charge is 0.128 e. The Kier molecular flexibility index (Phi) is 4.22. The van der Waals surface area contributed by atoms with Crippen molar-refractivity contribution in [2.24, 2.45) is 0 Å². The predicted molar refractivity (Wildman–Crippen MR) is 72.9 cm³/mol. The molecule has 0 aromatic carbocycles. The van der Waals surface area contributed by atoms with Crippen molar-refractivity contribution in [3.05, 3.63) is 22.8 Å². The number of thioether (sulfide) groups is 1. The average Bonchev–Trinajstić information content (AvgIpc) is 2.29. The molecule has 0 N–H and O–H groups in total. The number of pyridine rings is 1. The molecule has 1 saturated heterocycles. The van der Waals surface area contributed by atoms with Crippen LogP contribution in [0.15, 0.2) is 12.3 Å². The van der Waals surface area contributed by atoms with Gasteiger partial charge in [-0.1, -0.05) is 18.5 Å². The fraction of sp³-hybridized carbons (Fsp3) is 0.545. The summed E-state index contributed by atoms with van der Waals surface area (Å²) < 4.78 is 0. The number of nitrogens with zero attached hydrogens (tertiary/aromatic N) is 2. The molecule has 0 saturated carbocycles. The molecule has 1 fully saturated rings. The summed E-state index contributed by atoms with van der Waals surface area (Å²) in [4.78, 5) is 6.67. The van der Waals surface area contributed by atoms with Crippen molar-refractivity contribution in [1.82, 2.24) is 4.98 Å². The lowest BCUT2D eigenvalue weighted by Gasteiger charge is -2.31. The van der Waals surface area contributed by atoms with Crippen molar-refractivity contribution in [1.29, 1.82) is 0 Å². The van der Waals surface area contributed by atoms with E-state index in [2.05, 4.69) is 16.8 Å². The molecule has 2 nitrogen and oxygen atoms in total. The van der Waals surface area contributed by atoms with Gasteiger partial charge in [0.1, 0.15) is 5.82 Å². The summed E-state index contributed by atoms with van der Waals surface area (Å²) in [5, 5.41) is 1.31. The van der Waals surface area contributed by atoms with Crippen LogP contribution >= 0.6 is 35.0 Å². The molecular weight excluding hydrogens is 263 g/mol. The summed E-state index contributed by atoms with van der Waals surface area (Å²) in [5.41, 5.74) is 0.958. The monoisotopic (exact) mass is 276 g/mol. The normalized spacial score (nSPS) is 21.2. The summed E-state index contributed by atoms with van der Waals surface area (Å²) in [6.07, 6.45) is 1.70. The zero-order valence-corrected chi connectivity index (χ0v) is 11.4. The topological polar surface area (TPSA) is 16.1 Å². The van der Waals surface area contributed by atoms with E-state index < -0.39 is 0 Å². The fourth-order valence-electron chi connectivity index (χ4n) is 1.77. The first-order chi connectivity index (χ1) is 7.70. The van der Waals surface area contributed by atoms with Gasteiger partial charge in [-0.25, -0.2) is 4.98 Å². The average molecular weight is 277 g/mol. The van der Waals surface area contributed by atoms with E-state index in [9.17, 15) is 0 Å². The Labute approximate surface area is 110 Å². The van der Waals surface area contributed by atoms with Gasteiger partial charge in [-0.05, 0) is 11.6 Å². The van der Waals surface area contributed by atoms with Gasteiger partial charge in [-0.3, -0.25) is 0 Å². The SMILES string of the molecule is CC1CN(c2cc(CCl)c(Cl)cn2)CCS1. The number of hydrogen-bond donors (Lipinski definition) is 0. The van der Waals surface area contributed by atoms with Crippen LogP contribution in [0, 0.1) is 0 Å². The van der Waals surface area contributed by atoms with E-state index in [0.29, 0.717) is 16.2 Å². The first-order valence-corrected chi connectivity index (χ1v) is 7.23. The van der Waals surface area contributed by atoms with Gasteiger partial charge >= 0.3 is 0 Å². The van der Waals surface area contributed by atoms with Crippen LogP contribution in [0.4, 0.5) is 5.82 Å². The zero-order valence-electron chi connectivity index (χ0n) is 9.12. The highest BCUT2D eigenvalue weighted by molar-refractivity contribution is 8.00. The van der Waals surface area contributed by atoms with E-state index in [4.69, 9.17) is 23.2 Å². The highest BCUT2D eigenvalue weighted by Crippen LogP contribution is 2.26. The lowest BCUT2D eigenvalue weighted by atomic mass is 10.2. The van der Waals surface area contributed by atoms with Crippen LogP contribution in [-0.2, 0) is 5.88 Å². The number of alkyl halides is 1. The third kappa shape index (κ3) is 2.76. The maximum Gasteiger partial charge on any atom is 0.128 e. The molecular formula is C11H14Cl2N2S. The molecule has 2 rings (SSSR count). The van der Waals surface area contributed by atoms with Crippen LogP contribution in [-0.4, -0.2) is 29.1 Å². The number of rotatable bonds is 2. The second kappa shape index (κ2) is 5.48. The molecule has 1 aliphatic rings. The molecule has 1 unspecified atom stereocenters. The van der Waals surface area contributed by atoms with E-state index in [-0.39, 0.29) is 0 Å². The van der Waals surface area contributed by atoms with Gasteiger partial charge in [0.15, 0.2) is 0 Å². The van der Waals surface area contributed by atoms with Crippen molar-refractivity contribution < 1.29 is 0 Å². The Hall–Kier alpha value is -0.120. The van der Waals surface area contributed by atoms with E-state index in [1.807, 2.05) is 17.8 Å². The summed E-state index contributed by atoms with van der Waals surface area (Å²) in [6, 6.07) is 2.00. The quantitative estimate of drug-likeness (QED) is 0.771. The van der Waals surface area contributed by atoms with Gasteiger partial charge < -0.3 is 4.90 Å². The first-order valence-electron chi connectivity index (χ1n) is 5.27. The van der Waals surface area contributed by atoms with E-state index in [1.54, 1.807) is 6.20 Å². The highest BCUT2D eigenvalue weighted by Gasteiger charge is 2.18. The molecule has 0 bridgehead atoms. The van der Waals surface area contributed by atoms with Crippen LogP contribution in [0.1, 0.15) is 12.5 Å². The van der Waals surface area contributed by atoms with Crippen LogP contribution in [0.25, 0.3) is 0 Å². The molecule has 88 valence electrons. The van der Waals surface area contributed by atoms with Crippen molar-refractivity contribution in [3.8, 4) is 0 Å². The minimum Gasteiger partial charge on any atom is -0.355 e. The fourth-order valence-corrected chi connectivity index (χ4v) is 3.24. The lowest BCUT2D eigenvalue weighted by molar-refractivity contribution is 0.769.